The normalized spacial score (nSPS) is 24.5. The van der Waals surface area contributed by atoms with Gasteiger partial charge in [0.25, 0.3) is 5.92 Å². The summed E-state index contributed by atoms with van der Waals surface area (Å²) in [6, 6.07) is 0.978. The Labute approximate surface area is 168 Å². The molecule has 0 aromatic carbocycles. The van der Waals surface area contributed by atoms with Gasteiger partial charge >= 0.3 is 12.5 Å². The maximum atomic E-state index is 14.3. The van der Waals surface area contributed by atoms with E-state index in [9.17, 15) is 31.5 Å². The number of halogens is 5. The molecule has 0 saturated carbocycles. The number of carbonyl (C=O) groups excluding carboxylic acids is 2. The summed E-state index contributed by atoms with van der Waals surface area (Å²) in [7, 11) is 0. The van der Waals surface area contributed by atoms with Crippen LogP contribution in [0, 0.1) is 5.92 Å². The van der Waals surface area contributed by atoms with Crippen LogP contribution in [0.5, 0.6) is 11.6 Å². The third-order valence-electron chi connectivity index (χ3n) is 4.90. The Morgan fingerprint density at radius 2 is 2.00 bits per heavy atom. The average molecular weight is 437 g/mol. The van der Waals surface area contributed by atoms with E-state index in [0.717, 1.165) is 17.0 Å². The highest BCUT2D eigenvalue weighted by Gasteiger charge is 2.46. The molecule has 2 amide bonds. The maximum Gasteiger partial charge on any atom is 0.573 e. The van der Waals surface area contributed by atoms with Crippen molar-refractivity contribution >= 4 is 12.0 Å². The number of carbonyl (C=O) groups is 2. The van der Waals surface area contributed by atoms with Crippen LogP contribution in [0.4, 0.5) is 26.7 Å². The molecule has 1 aromatic heterocycles. The molecule has 12 heteroatoms. The van der Waals surface area contributed by atoms with Crippen molar-refractivity contribution in [1.29, 1.82) is 0 Å². The van der Waals surface area contributed by atoms with E-state index >= 15 is 0 Å². The van der Waals surface area contributed by atoms with Gasteiger partial charge in [-0.2, -0.15) is 0 Å². The van der Waals surface area contributed by atoms with Gasteiger partial charge in [0, 0.05) is 32.0 Å². The monoisotopic (exact) mass is 437 g/mol. The van der Waals surface area contributed by atoms with E-state index in [2.05, 4.69) is 9.72 Å². The number of likely N-dealkylation sites (tertiary alicyclic amines) is 2. The molecule has 3 rings (SSSR count). The van der Waals surface area contributed by atoms with Gasteiger partial charge in [0.1, 0.15) is 5.75 Å². The number of piperidine rings is 2. The van der Waals surface area contributed by atoms with E-state index in [1.54, 1.807) is 0 Å². The largest absolute Gasteiger partial charge is 0.573 e. The predicted molar refractivity (Wildman–Crippen MR) is 92.0 cm³/mol. The van der Waals surface area contributed by atoms with Crippen LogP contribution in [0.3, 0.4) is 0 Å². The second-order valence-corrected chi connectivity index (χ2v) is 7.53. The summed E-state index contributed by atoms with van der Waals surface area (Å²) in [6.07, 6.45) is -4.95. The first-order chi connectivity index (χ1) is 13.9. The SMILES string of the molecule is CC1CCC(=O)N([C@H]2CN(C(=O)Oc3ccc(OC(F)(F)F)cn3)CC(F)(F)C2)C1. The van der Waals surface area contributed by atoms with Crippen LogP contribution in [-0.4, -0.2) is 64.7 Å². The fraction of sp³-hybridized carbons (Fsp3) is 0.611. The molecule has 0 spiro atoms. The van der Waals surface area contributed by atoms with E-state index in [4.69, 9.17) is 4.74 Å². The number of nitrogens with zero attached hydrogens (tertiary/aromatic N) is 3. The van der Waals surface area contributed by atoms with Gasteiger partial charge in [-0.05, 0) is 18.4 Å². The van der Waals surface area contributed by atoms with Crippen LogP contribution in [0.15, 0.2) is 18.3 Å². The molecule has 3 heterocycles. The summed E-state index contributed by atoms with van der Waals surface area (Å²) in [4.78, 5) is 30.2. The quantitative estimate of drug-likeness (QED) is 0.678. The first kappa shape index (κ1) is 22.0. The summed E-state index contributed by atoms with van der Waals surface area (Å²) in [5.41, 5.74) is 0. The number of aromatic nitrogens is 1. The molecule has 2 fully saturated rings. The molecule has 7 nitrogen and oxygen atoms in total. The van der Waals surface area contributed by atoms with E-state index in [1.807, 2.05) is 6.92 Å². The molecule has 2 saturated heterocycles. The van der Waals surface area contributed by atoms with Gasteiger partial charge in [-0.3, -0.25) is 9.69 Å². The summed E-state index contributed by atoms with van der Waals surface area (Å²) in [5.74, 6) is -4.28. The summed E-state index contributed by atoms with van der Waals surface area (Å²) >= 11 is 0. The zero-order chi connectivity index (χ0) is 22.1. The van der Waals surface area contributed by atoms with Crippen LogP contribution in [0.2, 0.25) is 0 Å². The molecule has 2 atom stereocenters. The van der Waals surface area contributed by atoms with Crippen LogP contribution in [0.25, 0.3) is 0 Å². The van der Waals surface area contributed by atoms with E-state index in [-0.39, 0.29) is 30.7 Å². The molecule has 30 heavy (non-hydrogen) atoms. The predicted octanol–water partition coefficient (Wildman–Crippen LogP) is 3.45. The van der Waals surface area contributed by atoms with Crippen molar-refractivity contribution in [2.24, 2.45) is 5.92 Å². The van der Waals surface area contributed by atoms with Gasteiger partial charge in [0.2, 0.25) is 11.8 Å². The molecule has 0 N–H and O–H groups in total. The summed E-state index contributed by atoms with van der Waals surface area (Å²) in [6.45, 7) is 1.23. The van der Waals surface area contributed by atoms with Crippen LogP contribution < -0.4 is 9.47 Å². The lowest BCUT2D eigenvalue weighted by Crippen LogP contribution is -2.59. The van der Waals surface area contributed by atoms with Crippen molar-refractivity contribution in [3.63, 3.8) is 0 Å². The Balaban J connectivity index is 1.66. The zero-order valence-electron chi connectivity index (χ0n) is 16.0. The third-order valence-corrected chi connectivity index (χ3v) is 4.90. The molecule has 166 valence electrons. The lowest BCUT2D eigenvalue weighted by atomic mass is 9.94. The van der Waals surface area contributed by atoms with E-state index < -0.39 is 43.1 Å². The molecule has 1 aromatic rings. The van der Waals surface area contributed by atoms with Crippen molar-refractivity contribution in [2.75, 3.05) is 19.6 Å². The van der Waals surface area contributed by atoms with Crippen LogP contribution in [0.1, 0.15) is 26.2 Å². The average Bonchev–Trinajstić information content (AvgIpc) is 2.62. The van der Waals surface area contributed by atoms with Gasteiger partial charge in [-0.15, -0.1) is 13.2 Å². The number of alkyl halides is 5. The van der Waals surface area contributed by atoms with Gasteiger partial charge in [0.15, 0.2) is 0 Å². The van der Waals surface area contributed by atoms with Gasteiger partial charge in [-0.1, -0.05) is 6.92 Å². The Bertz CT molecular complexity index is 787. The van der Waals surface area contributed by atoms with Crippen molar-refractivity contribution in [3.05, 3.63) is 18.3 Å². The van der Waals surface area contributed by atoms with Crippen LogP contribution >= 0.6 is 0 Å². The third kappa shape index (κ3) is 5.70. The fourth-order valence-corrected chi connectivity index (χ4v) is 3.59. The highest BCUT2D eigenvalue weighted by Crippen LogP contribution is 2.32. The topological polar surface area (TPSA) is 72.0 Å². The summed E-state index contributed by atoms with van der Waals surface area (Å²) < 4.78 is 73.6. The highest BCUT2D eigenvalue weighted by molar-refractivity contribution is 5.77. The first-order valence-electron chi connectivity index (χ1n) is 9.28. The minimum Gasteiger partial charge on any atom is -0.404 e. The number of hydrogen-bond acceptors (Lipinski definition) is 5. The fourth-order valence-electron chi connectivity index (χ4n) is 3.59. The second-order valence-electron chi connectivity index (χ2n) is 7.53. The Morgan fingerprint density at radius 1 is 1.27 bits per heavy atom. The molecule has 0 bridgehead atoms. The highest BCUT2D eigenvalue weighted by atomic mass is 19.4. The van der Waals surface area contributed by atoms with Crippen molar-refractivity contribution in [2.45, 2.75) is 44.5 Å². The standard InChI is InChI=1S/C18H20F5N3O4/c1-11-2-5-15(27)26(8-11)12-6-17(19,20)10-25(9-12)16(28)29-14-4-3-13(7-24-14)30-18(21,22)23/h3-4,7,11-12H,2,5-6,8-10H2,1H3/t11?,12-/m1/s1. The molecule has 0 aliphatic carbocycles. The number of pyridine rings is 1. The number of rotatable bonds is 3. The van der Waals surface area contributed by atoms with Crippen LogP contribution in [-0.2, 0) is 4.79 Å². The summed E-state index contributed by atoms with van der Waals surface area (Å²) in [5, 5.41) is 0. The Hall–Kier alpha value is -2.66. The van der Waals surface area contributed by atoms with Gasteiger partial charge in [-0.25, -0.2) is 18.6 Å². The smallest absolute Gasteiger partial charge is 0.404 e. The molecule has 1 unspecified atom stereocenters. The van der Waals surface area contributed by atoms with Crippen molar-refractivity contribution in [1.82, 2.24) is 14.8 Å². The lowest BCUT2D eigenvalue weighted by Gasteiger charge is -2.44. The number of ether oxygens (including phenoxy) is 2. The van der Waals surface area contributed by atoms with E-state index in [0.29, 0.717) is 19.2 Å². The molecule has 2 aliphatic heterocycles. The Kier molecular flexibility index (Phi) is 6.04. The lowest BCUT2D eigenvalue weighted by molar-refractivity contribution is -0.274. The molecular weight excluding hydrogens is 417 g/mol. The molecule has 2 aliphatic rings. The molecule has 0 radical (unpaired) electrons. The maximum absolute atomic E-state index is 14.3. The van der Waals surface area contributed by atoms with Crippen molar-refractivity contribution < 1.29 is 41.0 Å². The minimum absolute atomic E-state index is 0.137. The van der Waals surface area contributed by atoms with E-state index in [1.165, 1.54) is 4.90 Å². The number of amides is 2. The Morgan fingerprint density at radius 3 is 2.63 bits per heavy atom. The van der Waals surface area contributed by atoms with Gasteiger partial charge < -0.3 is 14.4 Å². The second kappa shape index (κ2) is 8.23. The van der Waals surface area contributed by atoms with Crippen molar-refractivity contribution in [3.8, 4) is 11.6 Å². The zero-order valence-corrected chi connectivity index (χ0v) is 16.0. The first-order valence-corrected chi connectivity index (χ1v) is 9.28. The number of hydrogen-bond donors (Lipinski definition) is 0. The van der Waals surface area contributed by atoms with Gasteiger partial charge in [0.05, 0.1) is 18.8 Å². The minimum atomic E-state index is -4.91. The molecular formula is C18H20F5N3O4.